The standard InChI is InChI=1S/C29H26F7N5O4S/c1-16-39-27(28(31,32)33)15-40(16)23-8-5-18(19-11-22(30)21(9-10-42)26(13-19)46(2,43)44)12-24(23)41(38)25(14-37)17-3-6-20(7-4-17)45-29(34,35)36/h3-8,11-15,42H,9-10,37-38H2,1-2H3/b25-14-. The molecular weight excluding hydrogens is 647 g/mol. The van der Waals surface area contributed by atoms with Crippen molar-refractivity contribution >= 4 is 21.2 Å². The average molecular weight is 674 g/mol. The van der Waals surface area contributed by atoms with E-state index in [1.165, 1.54) is 43.3 Å². The second kappa shape index (κ2) is 12.6. The Balaban J connectivity index is 1.92. The summed E-state index contributed by atoms with van der Waals surface area (Å²) in [6.45, 7) is 0.780. The third-order valence-electron chi connectivity index (χ3n) is 6.72. The highest BCUT2D eigenvalue weighted by Crippen LogP contribution is 2.37. The van der Waals surface area contributed by atoms with Gasteiger partial charge in [-0.05, 0) is 73.0 Å². The van der Waals surface area contributed by atoms with Crippen LogP contribution >= 0.6 is 0 Å². The molecule has 1 aromatic heterocycles. The smallest absolute Gasteiger partial charge is 0.406 e. The van der Waals surface area contributed by atoms with E-state index in [2.05, 4.69) is 9.72 Å². The number of hydrazine groups is 1. The second-order valence-electron chi connectivity index (χ2n) is 9.92. The zero-order chi connectivity index (χ0) is 34.2. The Hall–Kier alpha value is -4.61. The van der Waals surface area contributed by atoms with Crippen LogP contribution in [0.2, 0.25) is 0 Å². The summed E-state index contributed by atoms with van der Waals surface area (Å²) in [5.74, 6) is 4.90. The molecule has 9 nitrogen and oxygen atoms in total. The Kier molecular flexibility index (Phi) is 9.42. The van der Waals surface area contributed by atoms with Gasteiger partial charge in [0.05, 0.1) is 22.0 Å². The second-order valence-corrected chi connectivity index (χ2v) is 11.9. The molecule has 246 valence electrons. The van der Waals surface area contributed by atoms with Gasteiger partial charge in [-0.1, -0.05) is 6.07 Å². The number of aliphatic hydroxyl groups excluding tert-OH is 1. The van der Waals surface area contributed by atoms with Crippen LogP contribution in [0, 0.1) is 12.7 Å². The molecule has 4 aromatic rings. The van der Waals surface area contributed by atoms with Gasteiger partial charge in [0, 0.05) is 36.4 Å². The van der Waals surface area contributed by atoms with E-state index >= 15 is 4.39 Å². The summed E-state index contributed by atoms with van der Waals surface area (Å²) in [6, 6.07) is 10.7. The van der Waals surface area contributed by atoms with Crippen molar-refractivity contribution in [2.24, 2.45) is 11.6 Å². The van der Waals surface area contributed by atoms with Gasteiger partial charge >= 0.3 is 12.5 Å². The molecule has 0 atom stereocenters. The van der Waals surface area contributed by atoms with E-state index in [1.807, 2.05) is 0 Å². The monoisotopic (exact) mass is 673 g/mol. The fourth-order valence-corrected chi connectivity index (χ4v) is 5.68. The normalized spacial score (nSPS) is 12.8. The summed E-state index contributed by atoms with van der Waals surface area (Å²) in [5, 5.41) is 10.3. The minimum absolute atomic E-state index is 0.0212. The first kappa shape index (κ1) is 34.3. The maximum Gasteiger partial charge on any atom is 0.573 e. The molecule has 0 bridgehead atoms. The van der Waals surface area contributed by atoms with E-state index < -0.39 is 46.2 Å². The number of imidazole rings is 1. The maximum absolute atomic E-state index is 15.2. The lowest BCUT2D eigenvalue weighted by Gasteiger charge is -2.26. The molecule has 17 heteroatoms. The SMILES string of the molecule is Cc1nc(C(F)(F)F)cn1-c1ccc(-c2cc(F)c(CCO)c(S(C)(=O)=O)c2)cc1N(N)/C(=C\N)c1ccc(OC(F)(F)F)cc1. The number of aliphatic hydroxyl groups is 1. The Labute approximate surface area is 258 Å². The van der Waals surface area contributed by atoms with E-state index in [-0.39, 0.29) is 56.5 Å². The maximum atomic E-state index is 15.2. The number of anilines is 1. The van der Waals surface area contributed by atoms with Gasteiger partial charge in [0.2, 0.25) is 0 Å². The van der Waals surface area contributed by atoms with Crippen LogP contribution in [0.3, 0.4) is 0 Å². The molecule has 0 radical (unpaired) electrons. The van der Waals surface area contributed by atoms with Gasteiger partial charge in [-0.15, -0.1) is 13.2 Å². The molecule has 0 saturated carbocycles. The third-order valence-corrected chi connectivity index (χ3v) is 7.88. The topological polar surface area (TPSA) is 137 Å². The highest BCUT2D eigenvalue weighted by atomic mass is 32.2. The number of nitrogens with two attached hydrogens (primary N) is 2. The van der Waals surface area contributed by atoms with E-state index in [0.717, 1.165) is 46.4 Å². The van der Waals surface area contributed by atoms with Gasteiger partial charge in [-0.25, -0.2) is 23.6 Å². The van der Waals surface area contributed by atoms with Crippen molar-refractivity contribution in [1.82, 2.24) is 9.55 Å². The van der Waals surface area contributed by atoms with Crippen LogP contribution in [0.1, 0.15) is 22.6 Å². The Morgan fingerprint density at radius 1 is 1.04 bits per heavy atom. The summed E-state index contributed by atoms with van der Waals surface area (Å²) in [7, 11) is -3.98. The van der Waals surface area contributed by atoms with Crippen molar-refractivity contribution in [3.63, 3.8) is 0 Å². The predicted molar refractivity (Wildman–Crippen MR) is 155 cm³/mol. The first-order chi connectivity index (χ1) is 21.3. The average Bonchev–Trinajstić information content (AvgIpc) is 3.35. The zero-order valence-electron chi connectivity index (χ0n) is 24.0. The summed E-state index contributed by atoms with van der Waals surface area (Å²) >= 11 is 0. The summed E-state index contributed by atoms with van der Waals surface area (Å²) in [5.41, 5.74) is 4.77. The zero-order valence-corrected chi connectivity index (χ0v) is 24.8. The predicted octanol–water partition coefficient (Wildman–Crippen LogP) is 5.48. The van der Waals surface area contributed by atoms with Crippen molar-refractivity contribution < 1.29 is 49.0 Å². The van der Waals surface area contributed by atoms with Gasteiger partial charge < -0.3 is 20.1 Å². The Morgan fingerprint density at radius 2 is 1.70 bits per heavy atom. The van der Waals surface area contributed by atoms with Crippen molar-refractivity contribution in [1.29, 1.82) is 0 Å². The molecule has 46 heavy (non-hydrogen) atoms. The molecular formula is C29H26F7N5O4S. The number of aryl methyl sites for hydroxylation is 1. The number of benzene rings is 3. The number of nitrogens with zero attached hydrogens (tertiary/aromatic N) is 3. The van der Waals surface area contributed by atoms with E-state index in [4.69, 9.17) is 11.6 Å². The molecule has 4 rings (SSSR count). The van der Waals surface area contributed by atoms with Crippen molar-refractivity contribution in [3.8, 4) is 22.6 Å². The van der Waals surface area contributed by atoms with Gasteiger partial charge in [0.25, 0.3) is 0 Å². The van der Waals surface area contributed by atoms with E-state index in [9.17, 15) is 39.9 Å². The van der Waals surface area contributed by atoms with Gasteiger partial charge in [0.15, 0.2) is 15.5 Å². The summed E-state index contributed by atoms with van der Waals surface area (Å²) in [4.78, 5) is 3.20. The molecule has 0 saturated heterocycles. The lowest BCUT2D eigenvalue weighted by atomic mass is 10.0. The first-order valence-electron chi connectivity index (χ1n) is 13.1. The number of aromatic nitrogens is 2. The number of alkyl halides is 6. The van der Waals surface area contributed by atoms with Crippen LogP contribution in [0.4, 0.5) is 36.4 Å². The number of halogens is 7. The molecule has 0 fully saturated rings. The number of hydrogen-bond acceptors (Lipinski definition) is 8. The van der Waals surface area contributed by atoms with Crippen molar-refractivity contribution in [3.05, 3.63) is 95.5 Å². The molecule has 0 aliphatic heterocycles. The minimum Gasteiger partial charge on any atom is -0.406 e. The van der Waals surface area contributed by atoms with Crippen LogP contribution in [-0.2, 0) is 22.4 Å². The summed E-state index contributed by atoms with van der Waals surface area (Å²) in [6.07, 6.45) is -7.43. The number of hydrogen-bond donors (Lipinski definition) is 3. The minimum atomic E-state index is -4.95. The molecule has 1 heterocycles. The van der Waals surface area contributed by atoms with Crippen molar-refractivity contribution in [2.75, 3.05) is 17.9 Å². The highest BCUT2D eigenvalue weighted by Gasteiger charge is 2.35. The van der Waals surface area contributed by atoms with Crippen LogP contribution in [0.5, 0.6) is 5.75 Å². The quantitative estimate of drug-likeness (QED) is 0.121. The fraction of sp³-hybridized carbons (Fsp3) is 0.207. The lowest BCUT2D eigenvalue weighted by Crippen LogP contribution is -2.31. The molecule has 3 aromatic carbocycles. The van der Waals surface area contributed by atoms with Gasteiger partial charge in [-0.2, -0.15) is 13.2 Å². The number of ether oxygens (including phenoxy) is 1. The van der Waals surface area contributed by atoms with E-state index in [0.29, 0.717) is 0 Å². The van der Waals surface area contributed by atoms with Gasteiger partial charge in [0.1, 0.15) is 17.4 Å². The number of rotatable bonds is 9. The van der Waals surface area contributed by atoms with Crippen LogP contribution in [0.15, 0.2) is 71.9 Å². The van der Waals surface area contributed by atoms with Crippen LogP contribution < -0.4 is 21.3 Å². The molecule has 0 spiro atoms. The molecule has 5 N–H and O–H groups in total. The summed E-state index contributed by atoms with van der Waals surface area (Å²) < 4.78 is 124. The number of sulfone groups is 1. The van der Waals surface area contributed by atoms with Crippen LogP contribution in [0.25, 0.3) is 22.5 Å². The van der Waals surface area contributed by atoms with Crippen molar-refractivity contribution in [2.45, 2.75) is 30.8 Å². The molecule has 0 aliphatic carbocycles. The first-order valence-corrected chi connectivity index (χ1v) is 15.0. The third kappa shape index (κ3) is 7.43. The Bertz CT molecular complexity index is 1890. The highest BCUT2D eigenvalue weighted by molar-refractivity contribution is 7.90. The molecule has 0 aliphatic rings. The lowest BCUT2D eigenvalue weighted by molar-refractivity contribution is -0.274. The fourth-order valence-electron chi connectivity index (χ4n) is 4.69. The molecule has 0 amide bonds. The largest absolute Gasteiger partial charge is 0.573 e. The van der Waals surface area contributed by atoms with Crippen LogP contribution in [-0.4, -0.2) is 42.3 Å². The van der Waals surface area contributed by atoms with Gasteiger partial charge in [-0.3, -0.25) is 5.01 Å². The Morgan fingerprint density at radius 3 is 2.22 bits per heavy atom. The molecule has 0 unspecified atom stereocenters. The van der Waals surface area contributed by atoms with E-state index in [1.54, 1.807) is 0 Å².